The number of nitrogens with one attached hydrogen (secondary N) is 1. The van der Waals surface area contributed by atoms with Crippen LogP contribution in [0, 0.1) is 5.92 Å². The highest BCUT2D eigenvalue weighted by Crippen LogP contribution is 2.42. The summed E-state index contributed by atoms with van der Waals surface area (Å²) in [6, 6.07) is 8.86. The average molecular weight is 607 g/mol. The molecule has 2 heterocycles. The lowest BCUT2D eigenvalue weighted by atomic mass is 9.89. The van der Waals surface area contributed by atoms with Gasteiger partial charge in [-0.3, -0.25) is 14.7 Å². The number of rotatable bonds is 10. The Morgan fingerprint density at radius 2 is 2.02 bits per heavy atom. The molecule has 1 aliphatic heterocycles. The number of ether oxygens (including phenoxy) is 2. The van der Waals surface area contributed by atoms with E-state index in [1.807, 2.05) is 43.5 Å². The molecule has 0 radical (unpaired) electrons. The molecule has 2 amide bonds. The predicted molar refractivity (Wildman–Crippen MR) is 167 cm³/mol. The molecule has 1 aromatic carbocycles. The molecule has 0 unspecified atom stereocenters. The van der Waals surface area contributed by atoms with E-state index in [9.17, 15) is 9.59 Å². The van der Waals surface area contributed by atoms with Crippen molar-refractivity contribution in [2.24, 2.45) is 11.7 Å². The van der Waals surface area contributed by atoms with Crippen molar-refractivity contribution in [1.82, 2.24) is 25.0 Å². The lowest BCUT2D eigenvalue weighted by Gasteiger charge is -2.39. The molecule has 3 aliphatic rings. The number of methoxy groups -OCH3 is 1. The zero-order chi connectivity index (χ0) is 30.5. The number of fused-ring (bicyclic) bond motifs is 2. The first-order chi connectivity index (χ1) is 20.8. The number of amides is 2. The first-order valence-corrected chi connectivity index (χ1v) is 14.9. The van der Waals surface area contributed by atoms with Crippen LogP contribution in [0.15, 0.2) is 61.2 Å². The van der Waals surface area contributed by atoms with Gasteiger partial charge in [-0.25, -0.2) is 4.79 Å². The molecule has 43 heavy (non-hydrogen) atoms. The van der Waals surface area contributed by atoms with E-state index in [-0.39, 0.29) is 24.6 Å². The van der Waals surface area contributed by atoms with E-state index in [4.69, 9.17) is 31.8 Å². The van der Waals surface area contributed by atoms with Crippen molar-refractivity contribution < 1.29 is 19.1 Å². The number of nitrogens with two attached hydrogens (primary N) is 1. The topological polar surface area (TPSA) is 113 Å². The SMILES string of the molecule is C=CN(C)/C(=C\N)[C@H](NC(=O)COC)C1=Cc2cccnc2[C@@H](N2CCN(C(=O)OCC3CC3)CC2)c2ccc(Cl)cc21. The minimum atomic E-state index is -0.655. The van der Waals surface area contributed by atoms with E-state index < -0.39 is 6.04 Å². The van der Waals surface area contributed by atoms with Gasteiger partial charge >= 0.3 is 6.09 Å². The van der Waals surface area contributed by atoms with Gasteiger partial charge in [0.1, 0.15) is 6.61 Å². The monoisotopic (exact) mass is 606 g/mol. The van der Waals surface area contributed by atoms with Gasteiger partial charge in [0, 0.05) is 57.8 Å². The molecule has 1 saturated carbocycles. The van der Waals surface area contributed by atoms with Gasteiger partial charge in [-0.2, -0.15) is 0 Å². The Labute approximate surface area is 257 Å². The predicted octanol–water partition coefficient (Wildman–Crippen LogP) is 3.85. The van der Waals surface area contributed by atoms with Crippen molar-refractivity contribution in [2.45, 2.75) is 24.9 Å². The maximum absolute atomic E-state index is 13.0. The molecule has 10 nitrogen and oxygen atoms in total. The highest BCUT2D eigenvalue weighted by molar-refractivity contribution is 6.30. The van der Waals surface area contributed by atoms with Crippen molar-refractivity contribution in [1.29, 1.82) is 0 Å². The molecule has 2 aromatic rings. The fourth-order valence-corrected chi connectivity index (χ4v) is 5.87. The summed E-state index contributed by atoms with van der Waals surface area (Å²) in [5.74, 6) is 0.221. The van der Waals surface area contributed by atoms with Crippen LogP contribution >= 0.6 is 11.6 Å². The van der Waals surface area contributed by atoms with Crippen LogP contribution < -0.4 is 11.1 Å². The van der Waals surface area contributed by atoms with Gasteiger partial charge < -0.3 is 30.3 Å². The molecule has 1 aromatic heterocycles. The Balaban J connectivity index is 1.55. The summed E-state index contributed by atoms with van der Waals surface area (Å²) in [5, 5.41) is 3.66. The smallest absolute Gasteiger partial charge is 0.409 e. The van der Waals surface area contributed by atoms with Gasteiger partial charge in [0.05, 0.1) is 30.1 Å². The number of pyridine rings is 1. The molecule has 3 N–H and O–H groups in total. The summed E-state index contributed by atoms with van der Waals surface area (Å²) >= 11 is 6.63. The van der Waals surface area contributed by atoms with Crippen molar-refractivity contribution in [3.8, 4) is 0 Å². The number of hydrogen-bond acceptors (Lipinski definition) is 8. The molecule has 0 spiro atoms. The van der Waals surface area contributed by atoms with E-state index in [1.165, 1.54) is 13.3 Å². The second-order valence-electron chi connectivity index (χ2n) is 11.1. The van der Waals surface area contributed by atoms with Crippen LogP contribution in [0.5, 0.6) is 0 Å². The summed E-state index contributed by atoms with van der Waals surface area (Å²) in [5.41, 5.74) is 11.2. The van der Waals surface area contributed by atoms with Crippen molar-refractivity contribution in [3.63, 3.8) is 0 Å². The van der Waals surface area contributed by atoms with Gasteiger partial charge in [0.15, 0.2) is 0 Å². The number of piperazine rings is 1. The largest absolute Gasteiger partial charge is 0.449 e. The Morgan fingerprint density at radius 1 is 1.26 bits per heavy atom. The zero-order valence-corrected chi connectivity index (χ0v) is 25.4. The molecular weight excluding hydrogens is 568 g/mol. The van der Waals surface area contributed by atoms with Gasteiger partial charge in [-0.1, -0.05) is 30.3 Å². The molecule has 11 heteroatoms. The second-order valence-corrected chi connectivity index (χ2v) is 11.5. The number of aromatic nitrogens is 1. The minimum absolute atomic E-state index is 0.115. The highest BCUT2D eigenvalue weighted by Gasteiger charge is 2.36. The summed E-state index contributed by atoms with van der Waals surface area (Å²) in [7, 11) is 3.30. The molecule has 0 bridgehead atoms. The van der Waals surface area contributed by atoms with Crippen LogP contribution in [0.1, 0.15) is 41.3 Å². The van der Waals surface area contributed by atoms with Crippen molar-refractivity contribution in [3.05, 3.63) is 88.6 Å². The van der Waals surface area contributed by atoms with Crippen molar-refractivity contribution >= 4 is 35.3 Å². The lowest BCUT2D eigenvalue weighted by Crippen LogP contribution is -2.50. The Kier molecular flexibility index (Phi) is 9.69. The van der Waals surface area contributed by atoms with E-state index in [0.717, 1.165) is 40.8 Å². The van der Waals surface area contributed by atoms with Gasteiger partial charge in [-0.15, -0.1) is 0 Å². The number of halogens is 1. The standard InChI is InChI=1S/C32H39ClN6O4/c1-4-37(2)27(18-34)30(36-28(40)20-42-3)26-16-22-6-5-11-35-29(22)31(24-10-9-23(33)17-25(24)26)38-12-14-39(15-13-38)32(41)43-19-21-7-8-21/h4-6,9-11,16-18,21,30-31H,1,7-8,12-15,19-20,34H2,2-3H3,(H,36,40)/b27-18-/t30-,31+/m1/s1. The molecular formula is C32H39ClN6O4. The van der Waals surface area contributed by atoms with Crippen LogP contribution in [-0.2, 0) is 14.3 Å². The third-order valence-electron chi connectivity index (χ3n) is 8.18. The first kappa shape index (κ1) is 30.6. The number of likely N-dealkylation sites (N-methyl/N-ethyl adjacent to an activating group) is 1. The first-order valence-electron chi connectivity index (χ1n) is 14.5. The normalized spacial score (nSPS) is 19.3. The van der Waals surface area contributed by atoms with E-state index in [2.05, 4.69) is 16.8 Å². The number of nitrogens with zero attached hydrogens (tertiary/aromatic N) is 4. The molecule has 2 fully saturated rings. The highest BCUT2D eigenvalue weighted by atomic mass is 35.5. The molecule has 5 rings (SSSR count). The number of carbonyl (C=O) groups is 2. The van der Waals surface area contributed by atoms with E-state index in [1.54, 1.807) is 22.2 Å². The van der Waals surface area contributed by atoms with Gasteiger partial charge in [0.25, 0.3) is 0 Å². The van der Waals surface area contributed by atoms with Crippen LogP contribution in [-0.4, -0.2) is 91.3 Å². The molecule has 2 atom stereocenters. The van der Waals surface area contributed by atoms with Gasteiger partial charge in [0.2, 0.25) is 5.91 Å². The van der Waals surface area contributed by atoms with E-state index >= 15 is 0 Å². The molecule has 228 valence electrons. The maximum Gasteiger partial charge on any atom is 0.409 e. The van der Waals surface area contributed by atoms with Crippen LogP contribution in [0.3, 0.4) is 0 Å². The third-order valence-corrected chi connectivity index (χ3v) is 8.41. The van der Waals surface area contributed by atoms with Crippen LogP contribution in [0.2, 0.25) is 5.02 Å². The molecule has 2 aliphatic carbocycles. The quantitative estimate of drug-likeness (QED) is 0.419. The fourth-order valence-electron chi connectivity index (χ4n) is 5.69. The second kappa shape index (κ2) is 13.6. The summed E-state index contributed by atoms with van der Waals surface area (Å²) in [6.45, 7) is 6.65. The Morgan fingerprint density at radius 3 is 2.70 bits per heavy atom. The summed E-state index contributed by atoms with van der Waals surface area (Å²) in [6.07, 6.45) is 8.97. The third kappa shape index (κ3) is 6.87. The Bertz CT molecular complexity index is 1420. The van der Waals surface area contributed by atoms with Crippen LogP contribution in [0.25, 0.3) is 11.6 Å². The summed E-state index contributed by atoms with van der Waals surface area (Å²) < 4.78 is 10.7. The lowest BCUT2D eigenvalue weighted by molar-refractivity contribution is -0.124. The number of benzene rings is 1. The van der Waals surface area contributed by atoms with Gasteiger partial charge in [-0.05, 0) is 71.5 Å². The number of carbonyl (C=O) groups excluding carboxylic acids is 2. The average Bonchev–Trinajstić information content (AvgIpc) is 3.86. The summed E-state index contributed by atoms with van der Waals surface area (Å²) in [4.78, 5) is 36.4. The van der Waals surface area contributed by atoms with Crippen molar-refractivity contribution in [2.75, 3.05) is 53.6 Å². The maximum atomic E-state index is 13.0. The molecule has 1 saturated heterocycles. The minimum Gasteiger partial charge on any atom is -0.449 e. The fraction of sp³-hybridized carbons (Fsp3) is 0.406. The number of hydrogen-bond donors (Lipinski definition) is 2. The van der Waals surface area contributed by atoms with Crippen LogP contribution in [0.4, 0.5) is 4.79 Å². The van der Waals surface area contributed by atoms with E-state index in [0.29, 0.717) is 49.4 Å². The zero-order valence-electron chi connectivity index (χ0n) is 24.7. The Hall–Kier alpha value is -3.86.